The summed E-state index contributed by atoms with van der Waals surface area (Å²) in [6.45, 7) is 1.39. The van der Waals surface area contributed by atoms with E-state index in [1.54, 1.807) is 30.3 Å². The highest BCUT2D eigenvalue weighted by Gasteiger charge is 2.44. The predicted octanol–water partition coefficient (Wildman–Crippen LogP) is 7.18. The maximum absolute atomic E-state index is 15.0. The Morgan fingerprint density at radius 3 is 1.34 bits per heavy atom. The van der Waals surface area contributed by atoms with Crippen LogP contribution in [-0.4, -0.2) is 124 Å². The molecule has 0 radical (unpaired) electrons. The average Bonchev–Trinajstić information content (AvgIpc) is 4.05. The van der Waals surface area contributed by atoms with E-state index in [1.165, 1.54) is 13.8 Å². The van der Waals surface area contributed by atoms with Crippen LogP contribution in [0.1, 0.15) is 51.1 Å². The number of carboxylic acid groups (broad SMARTS) is 1. The van der Waals surface area contributed by atoms with Gasteiger partial charge in [0.05, 0.1) is 58.9 Å². The molecule has 88 heavy (non-hydrogen) atoms. The van der Waals surface area contributed by atoms with Gasteiger partial charge >= 0.3 is 64.6 Å². The van der Waals surface area contributed by atoms with E-state index >= 15 is 0 Å². The van der Waals surface area contributed by atoms with Gasteiger partial charge in [0, 0.05) is 26.2 Å². The highest BCUT2D eigenvalue weighted by molar-refractivity contribution is 7.54. The number of carbonyl (C=O) groups excluding carboxylic acids is 5. The Balaban J connectivity index is 0.000000355. The lowest BCUT2D eigenvalue weighted by molar-refractivity contribution is -0.150. The predicted molar refractivity (Wildman–Crippen MR) is 298 cm³/mol. The smallest absolute Gasteiger partial charge is 0.450 e. The molecular formula is C50H44BCl5F8N8O16. The van der Waals surface area contributed by atoms with Crippen LogP contribution >= 0.6 is 57.6 Å². The molecule has 0 aliphatic carbocycles. The number of ether oxygens (including phenoxy) is 5. The van der Waals surface area contributed by atoms with E-state index in [9.17, 15) is 83.1 Å². The Kier molecular flexibility index (Phi) is 25.1. The molecule has 474 valence electrons. The van der Waals surface area contributed by atoms with Gasteiger partial charge in [0.25, 0.3) is 22.9 Å². The molecule has 0 saturated carbocycles. The van der Waals surface area contributed by atoms with Gasteiger partial charge in [-0.2, -0.15) is 70.7 Å². The summed E-state index contributed by atoms with van der Waals surface area (Å²) in [4.78, 5) is 132. The Bertz CT molecular complexity index is 3810. The Labute approximate surface area is 514 Å². The van der Waals surface area contributed by atoms with Gasteiger partial charge in [-0.3, -0.25) is 57.3 Å². The fourth-order valence-electron chi connectivity index (χ4n) is 7.53. The number of rotatable bonds is 16. The molecule has 5 aromatic rings. The summed E-state index contributed by atoms with van der Waals surface area (Å²) in [7, 11) is 1.47. The number of nitrogens with zero attached hydrogens (tertiary/aromatic N) is 8. The molecule has 2 unspecified atom stereocenters. The molecule has 4 heterocycles. The first-order chi connectivity index (χ1) is 40.6. The van der Waals surface area contributed by atoms with Gasteiger partial charge in [-0.25, -0.2) is 27.5 Å². The molecule has 2 aromatic heterocycles. The van der Waals surface area contributed by atoms with Crippen molar-refractivity contribution in [3.63, 3.8) is 0 Å². The van der Waals surface area contributed by atoms with Crippen LogP contribution in [0.25, 0.3) is 11.4 Å². The Morgan fingerprint density at radius 2 is 0.989 bits per heavy atom. The maximum atomic E-state index is 15.0. The quantitative estimate of drug-likeness (QED) is 0.0443. The highest BCUT2D eigenvalue weighted by atomic mass is 35.6. The molecule has 38 heteroatoms. The molecule has 2 fully saturated rings. The third kappa shape index (κ3) is 18.2. The topological polar surface area (TPSA) is 288 Å². The van der Waals surface area contributed by atoms with Gasteiger partial charge in [0.2, 0.25) is 0 Å². The van der Waals surface area contributed by atoms with E-state index in [1.807, 2.05) is 0 Å². The second-order valence-electron chi connectivity index (χ2n) is 17.3. The molecule has 2 aliphatic heterocycles. The van der Waals surface area contributed by atoms with Gasteiger partial charge in [-0.1, -0.05) is 61.0 Å². The van der Waals surface area contributed by atoms with Gasteiger partial charge in [0.15, 0.2) is 12.2 Å². The largest absolute Gasteiger partial charge is 0.481 e. The number of halogens is 13. The lowest BCUT2D eigenvalue weighted by Gasteiger charge is -2.15. The van der Waals surface area contributed by atoms with Crippen LogP contribution in [0.5, 0.6) is 0 Å². The molecular weight excluding hydrogens is 1310 g/mol. The fourth-order valence-corrected chi connectivity index (χ4v) is 7.92. The summed E-state index contributed by atoms with van der Waals surface area (Å²) >= 11 is 26.6. The summed E-state index contributed by atoms with van der Waals surface area (Å²) < 4.78 is 135. The number of amidine groups is 2. The second-order valence-corrected chi connectivity index (χ2v) is 20.0. The molecule has 2 atom stereocenters. The van der Waals surface area contributed by atoms with Crippen molar-refractivity contribution in [1.29, 1.82) is 0 Å². The third-order valence-electron chi connectivity index (χ3n) is 11.3. The van der Waals surface area contributed by atoms with E-state index in [2.05, 4.69) is 9.98 Å². The van der Waals surface area contributed by atoms with E-state index in [0.29, 0.717) is 22.6 Å². The summed E-state index contributed by atoms with van der Waals surface area (Å²) in [5.41, 5.74) is -11.1. The number of aliphatic imine (C=N–C) groups is 2. The number of aromatic nitrogens is 4. The summed E-state index contributed by atoms with van der Waals surface area (Å²) in [5, 5.41) is 8.14. The van der Waals surface area contributed by atoms with E-state index in [0.717, 1.165) is 31.1 Å². The molecule has 0 spiro atoms. The third-order valence-corrected chi connectivity index (χ3v) is 12.0. The molecule has 0 bridgehead atoms. The number of carbonyl (C=O) groups is 6. The van der Waals surface area contributed by atoms with Crippen molar-refractivity contribution in [3.05, 3.63) is 147 Å². The standard InChI is InChI=1S/C28H23ClF4N4O8.C21H17ClF4N4O8.CH4.BCl3/c1-3-43-24(40)13-36-25(41)20(11-23(39)44-14-15-7-5-4-6-8-15)45-26(36)34-18-10-19(17(30)9-16(18)29)37-22(38)12-21(28(31,32)33)35(2)27(37)42;1-3-37-17(34)8-29-18(35)13(6-16(32)33)38-19(29)27-11-5-12(10(23)4-9(11)22)30-15(31)7-14(21(24,25)26)28(2)20(30)36;;2-1(3)4/h4-10,12,20H,3,11,13-14H2,1-2H3;4-5,7,13H,3,6,8H2,1-2H3,(H,32,33);1H4;. The second kappa shape index (κ2) is 30.6. The number of carboxylic acids is 1. The maximum Gasteiger partial charge on any atom is 0.450 e. The van der Waals surface area contributed by atoms with Crippen molar-refractivity contribution in [2.24, 2.45) is 24.1 Å². The fraction of sp³-hybridized carbons (Fsp3) is 0.320. The number of benzene rings is 3. The van der Waals surface area contributed by atoms with E-state index in [-0.39, 0.29) is 57.6 Å². The number of esters is 3. The summed E-state index contributed by atoms with van der Waals surface area (Å²) in [6, 6.07) is 10.4. The molecule has 2 amide bonds. The van der Waals surface area contributed by atoms with Crippen LogP contribution < -0.4 is 22.5 Å². The zero-order valence-corrected chi connectivity index (χ0v) is 48.4. The minimum absolute atomic E-state index is 0. The van der Waals surface area contributed by atoms with Gasteiger partial charge in [-0.05, 0) is 43.7 Å². The van der Waals surface area contributed by atoms with Crippen LogP contribution in [0.3, 0.4) is 0 Å². The van der Waals surface area contributed by atoms with Crippen LogP contribution in [0.4, 0.5) is 46.5 Å². The number of hydrogen-bond donors (Lipinski definition) is 1. The van der Waals surface area contributed by atoms with Crippen molar-refractivity contribution < 1.29 is 92.7 Å². The summed E-state index contributed by atoms with van der Waals surface area (Å²) in [5.74, 6) is -8.43. The van der Waals surface area contributed by atoms with Crippen LogP contribution in [0, 0.1) is 11.6 Å². The lowest BCUT2D eigenvalue weighted by Crippen LogP contribution is -2.41. The zero-order chi connectivity index (χ0) is 65.2. The lowest BCUT2D eigenvalue weighted by atomic mass is 10.2. The van der Waals surface area contributed by atoms with Crippen molar-refractivity contribution in [1.82, 2.24) is 28.1 Å². The molecule has 2 saturated heterocycles. The summed E-state index contributed by atoms with van der Waals surface area (Å²) in [6.07, 6.45) is -14.6. The SMILES string of the molecule is C.CCOC(=O)CN1C(=O)C(CC(=O)O)OC1=Nc1cc(-n2c(=O)cc(C(F)(F)F)n(C)c2=O)c(F)cc1Cl.CCOC(=O)CN1C(=O)C(CC(=O)OCc2ccccc2)OC1=Nc1cc(-n2c(=O)cc(C(F)(F)F)n(C)c2=O)c(F)cc1Cl.ClB(Cl)Cl. The molecule has 24 nitrogen and oxygen atoms in total. The van der Waals surface area contributed by atoms with Gasteiger partial charge < -0.3 is 28.8 Å². The van der Waals surface area contributed by atoms with Gasteiger partial charge in [0.1, 0.15) is 42.7 Å². The van der Waals surface area contributed by atoms with E-state index in [4.69, 9.17) is 86.4 Å². The molecule has 3 aromatic carbocycles. The first-order valence-corrected chi connectivity index (χ1v) is 26.2. The molecule has 1 N–H and O–H groups in total. The van der Waals surface area contributed by atoms with Crippen molar-refractivity contribution in [2.45, 2.75) is 65.3 Å². The normalized spacial score (nSPS) is 15.5. The van der Waals surface area contributed by atoms with Crippen molar-refractivity contribution >= 4 is 122 Å². The first-order valence-electron chi connectivity index (χ1n) is 24.2. The number of aliphatic carboxylic acids is 1. The minimum atomic E-state index is -5.05. The van der Waals surface area contributed by atoms with Crippen LogP contribution in [-0.2, 0) is 85.5 Å². The number of alkyl halides is 6. The van der Waals surface area contributed by atoms with Crippen LogP contribution in [0.2, 0.25) is 10.0 Å². The van der Waals surface area contributed by atoms with E-state index < -0.39 is 182 Å². The number of hydrogen-bond acceptors (Lipinski definition) is 17. The molecule has 2 aliphatic rings. The minimum Gasteiger partial charge on any atom is -0.481 e. The Morgan fingerprint density at radius 1 is 0.614 bits per heavy atom. The average molecular weight is 1350 g/mol. The van der Waals surface area contributed by atoms with Crippen molar-refractivity contribution in [3.8, 4) is 11.4 Å². The monoisotopic (exact) mass is 1350 g/mol. The molecule has 7 rings (SSSR count). The highest BCUT2D eigenvalue weighted by Crippen LogP contribution is 2.34. The zero-order valence-electron chi connectivity index (χ0n) is 44.6. The van der Waals surface area contributed by atoms with Crippen molar-refractivity contribution in [2.75, 3.05) is 26.3 Å². The van der Waals surface area contributed by atoms with Gasteiger partial charge in [-0.15, -0.1) is 0 Å². The Hall–Kier alpha value is -8.27. The first kappa shape index (κ1) is 72.2. The number of amides is 2. The van der Waals surface area contributed by atoms with Crippen LogP contribution in [0.15, 0.2) is 95.9 Å².